The zero-order chi connectivity index (χ0) is 20.3. The molecule has 0 spiro atoms. The van der Waals surface area contributed by atoms with Gasteiger partial charge < -0.3 is 5.11 Å². The van der Waals surface area contributed by atoms with Crippen molar-refractivity contribution in [3.8, 4) is 0 Å². The second kappa shape index (κ2) is 8.86. The van der Waals surface area contributed by atoms with Crippen molar-refractivity contribution in [2.24, 2.45) is 5.92 Å². The molecule has 0 saturated carbocycles. The second-order valence-corrected chi connectivity index (χ2v) is 10.5. The van der Waals surface area contributed by atoms with Crippen LogP contribution in [0, 0.1) is 5.92 Å². The van der Waals surface area contributed by atoms with E-state index in [0.29, 0.717) is 17.2 Å². The molecule has 1 saturated heterocycles. The van der Waals surface area contributed by atoms with Crippen LogP contribution in [0.5, 0.6) is 0 Å². The number of carboxylic acids is 1. The summed E-state index contributed by atoms with van der Waals surface area (Å²) in [6.07, 6.45) is 1.56. The van der Waals surface area contributed by atoms with E-state index in [1.807, 2.05) is 42.5 Å². The third-order valence-electron chi connectivity index (χ3n) is 4.93. The molecular formula is C20H22ClNO4S2. The van der Waals surface area contributed by atoms with Crippen molar-refractivity contribution >= 4 is 39.4 Å². The van der Waals surface area contributed by atoms with E-state index in [9.17, 15) is 18.3 Å². The van der Waals surface area contributed by atoms with E-state index in [1.54, 1.807) is 23.9 Å². The van der Waals surface area contributed by atoms with Gasteiger partial charge in [0.05, 0.1) is 18.2 Å². The minimum atomic E-state index is -3.56. The number of hydrogen-bond donors (Lipinski definition) is 1. The first-order chi connectivity index (χ1) is 13.3. The van der Waals surface area contributed by atoms with E-state index in [4.69, 9.17) is 11.6 Å². The maximum atomic E-state index is 12.4. The Bertz CT molecular complexity index is 919. The normalized spacial score (nSPS) is 23.4. The Morgan fingerprint density at radius 3 is 2.39 bits per heavy atom. The van der Waals surface area contributed by atoms with E-state index in [0.717, 1.165) is 17.4 Å². The van der Waals surface area contributed by atoms with Crippen molar-refractivity contribution in [2.45, 2.75) is 23.5 Å². The highest BCUT2D eigenvalue weighted by Gasteiger charge is 2.43. The highest BCUT2D eigenvalue weighted by molar-refractivity contribution is 7.99. The lowest BCUT2D eigenvalue weighted by Gasteiger charge is -2.41. The number of rotatable bonds is 6. The maximum Gasteiger partial charge on any atom is 0.308 e. The fourth-order valence-corrected chi connectivity index (χ4v) is 6.07. The monoisotopic (exact) mass is 439 g/mol. The van der Waals surface area contributed by atoms with Crippen molar-refractivity contribution in [3.63, 3.8) is 0 Å². The fourth-order valence-electron chi connectivity index (χ4n) is 3.49. The molecule has 0 radical (unpaired) electrons. The van der Waals surface area contributed by atoms with E-state index < -0.39 is 28.0 Å². The number of halogens is 1. The van der Waals surface area contributed by atoms with Gasteiger partial charge in [-0.2, -0.15) is 16.1 Å². The Balaban J connectivity index is 1.88. The molecule has 1 N–H and O–H groups in total. The molecule has 3 atom stereocenters. The molecule has 150 valence electrons. The predicted molar refractivity (Wildman–Crippen MR) is 113 cm³/mol. The van der Waals surface area contributed by atoms with E-state index in [-0.39, 0.29) is 11.8 Å². The fraction of sp³-hybridized carbons (Fsp3) is 0.350. The molecule has 0 amide bonds. The molecular weight excluding hydrogens is 418 g/mol. The average molecular weight is 440 g/mol. The Morgan fingerprint density at radius 2 is 1.82 bits per heavy atom. The van der Waals surface area contributed by atoms with E-state index >= 15 is 0 Å². The number of carboxylic acid groups (broad SMARTS) is 1. The van der Waals surface area contributed by atoms with Gasteiger partial charge in [0.25, 0.3) is 0 Å². The van der Waals surface area contributed by atoms with Crippen molar-refractivity contribution in [3.05, 3.63) is 70.7 Å². The summed E-state index contributed by atoms with van der Waals surface area (Å²) in [5.41, 5.74) is 1.94. The lowest BCUT2D eigenvalue weighted by atomic mass is 9.90. The molecule has 28 heavy (non-hydrogen) atoms. The molecule has 0 aromatic heterocycles. The number of carbonyl (C=O) groups is 1. The van der Waals surface area contributed by atoms with Crippen LogP contribution in [-0.4, -0.2) is 41.8 Å². The van der Waals surface area contributed by atoms with Crippen LogP contribution in [0.1, 0.15) is 23.6 Å². The van der Waals surface area contributed by atoms with Crippen LogP contribution in [0.4, 0.5) is 0 Å². The topological polar surface area (TPSA) is 74.7 Å². The number of piperidine rings is 1. The highest BCUT2D eigenvalue weighted by atomic mass is 35.5. The average Bonchev–Trinajstić information content (AvgIpc) is 2.66. The van der Waals surface area contributed by atoms with E-state index in [2.05, 4.69) is 0 Å². The molecule has 0 bridgehead atoms. The minimum absolute atomic E-state index is 0.0338. The molecule has 8 heteroatoms. The Morgan fingerprint density at radius 1 is 1.18 bits per heavy atom. The van der Waals surface area contributed by atoms with Gasteiger partial charge in [-0.05, 0) is 29.7 Å². The van der Waals surface area contributed by atoms with Crippen LogP contribution in [0.2, 0.25) is 5.02 Å². The van der Waals surface area contributed by atoms with Crippen LogP contribution in [0.15, 0.2) is 54.6 Å². The second-order valence-electron chi connectivity index (χ2n) is 6.92. The van der Waals surface area contributed by atoms with Gasteiger partial charge in [-0.25, -0.2) is 8.42 Å². The SMILES string of the molecule is CS(=O)(=O)N1C[C@@H](C(=O)O)[C@H](SCc2ccccc2)C[C@H]1c1ccc(Cl)cc1. The number of benzene rings is 2. The molecule has 0 aliphatic carbocycles. The van der Waals surface area contributed by atoms with Gasteiger partial charge in [0.15, 0.2) is 0 Å². The quantitative estimate of drug-likeness (QED) is 0.734. The van der Waals surface area contributed by atoms with Gasteiger partial charge in [-0.15, -0.1) is 0 Å². The molecule has 2 aromatic carbocycles. The first-order valence-electron chi connectivity index (χ1n) is 8.86. The van der Waals surface area contributed by atoms with Crippen molar-refractivity contribution in [1.82, 2.24) is 4.31 Å². The molecule has 3 rings (SSSR count). The summed E-state index contributed by atoms with van der Waals surface area (Å²) >= 11 is 7.55. The zero-order valence-electron chi connectivity index (χ0n) is 15.4. The van der Waals surface area contributed by atoms with Gasteiger partial charge in [0.2, 0.25) is 10.0 Å². The standard InChI is InChI=1S/C20H22ClNO4S2/c1-28(25,26)22-12-17(20(23)24)19(27-13-14-5-3-2-4-6-14)11-18(22)15-7-9-16(21)10-8-15/h2-10,17-19H,11-13H2,1H3,(H,23,24)/t17-,18+,19-/m1/s1. The number of aliphatic carboxylic acids is 1. The van der Waals surface area contributed by atoms with Crippen LogP contribution < -0.4 is 0 Å². The minimum Gasteiger partial charge on any atom is -0.481 e. The first-order valence-corrected chi connectivity index (χ1v) is 12.1. The summed E-state index contributed by atoms with van der Waals surface area (Å²) in [5, 5.41) is 10.1. The first kappa shape index (κ1) is 21.2. The summed E-state index contributed by atoms with van der Waals surface area (Å²) in [4.78, 5) is 11.9. The molecule has 1 heterocycles. The molecule has 0 unspecified atom stereocenters. The van der Waals surface area contributed by atoms with Gasteiger partial charge >= 0.3 is 5.97 Å². The summed E-state index contributed by atoms with van der Waals surface area (Å²) in [6, 6.07) is 16.5. The number of hydrogen-bond acceptors (Lipinski definition) is 4. The summed E-state index contributed by atoms with van der Waals surface area (Å²) in [7, 11) is -3.56. The van der Waals surface area contributed by atoms with Gasteiger partial charge in [0.1, 0.15) is 0 Å². The van der Waals surface area contributed by atoms with Crippen LogP contribution in [-0.2, 0) is 20.6 Å². The van der Waals surface area contributed by atoms with E-state index in [1.165, 1.54) is 4.31 Å². The lowest BCUT2D eigenvalue weighted by Crippen LogP contribution is -2.49. The number of nitrogens with zero attached hydrogens (tertiary/aromatic N) is 1. The smallest absolute Gasteiger partial charge is 0.308 e. The number of sulfonamides is 1. The number of thioether (sulfide) groups is 1. The molecule has 1 aliphatic heterocycles. The summed E-state index contributed by atoms with van der Waals surface area (Å²) in [6.45, 7) is -0.0338. The highest BCUT2D eigenvalue weighted by Crippen LogP contribution is 2.41. The molecule has 1 aliphatic rings. The largest absolute Gasteiger partial charge is 0.481 e. The maximum absolute atomic E-state index is 12.4. The third-order valence-corrected chi connectivity index (χ3v) is 7.89. The zero-order valence-corrected chi connectivity index (χ0v) is 17.8. The molecule has 5 nitrogen and oxygen atoms in total. The Labute approximate surface area is 174 Å². The van der Waals surface area contributed by atoms with Gasteiger partial charge in [0, 0.05) is 22.6 Å². The van der Waals surface area contributed by atoms with Gasteiger partial charge in [-0.3, -0.25) is 4.79 Å². The predicted octanol–water partition coefficient (Wildman–Crippen LogP) is 4.05. The van der Waals surface area contributed by atoms with Crippen LogP contribution >= 0.6 is 23.4 Å². The van der Waals surface area contributed by atoms with Crippen molar-refractivity contribution in [1.29, 1.82) is 0 Å². The summed E-state index contributed by atoms with van der Waals surface area (Å²) < 4.78 is 26.1. The van der Waals surface area contributed by atoms with Crippen LogP contribution in [0.25, 0.3) is 0 Å². The Kier molecular flexibility index (Phi) is 6.70. The van der Waals surface area contributed by atoms with Crippen molar-refractivity contribution < 1.29 is 18.3 Å². The van der Waals surface area contributed by atoms with Crippen molar-refractivity contribution in [2.75, 3.05) is 12.8 Å². The third kappa shape index (κ3) is 5.08. The Hall–Kier alpha value is -1.54. The van der Waals surface area contributed by atoms with Crippen LogP contribution in [0.3, 0.4) is 0 Å². The lowest BCUT2D eigenvalue weighted by molar-refractivity contribution is -0.143. The molecule has 2 aromatic rings. The molecule has 1 fully saturated rings. The van der Waals surface area contributed by atoms with Gasteiger partial charge in [-0.1, -0.05) is 54.1 Å². The summed E-state index contributed by atoms with van der Waals surface area (Å²) in [5.74, 6) is -1.04.